The maximum Gasteiger partial charge on any atom is 0.431 e. The maximum absolute atomic E-state index is 14.0. The molecule has 122 valence electrons. The Balaban J connectivity index is 5.32. The predicted octanol–water partition coefficient (Wildman–Crippen LogP) is 6.23. The number of alkyl halides is 8. The average Bonchev–Trinajstić information content (AvgIpc) is 2.27. The molecule has 0 aromatic carbocycles. The molecule has 0 aliphatic heterocycles. The van der Waals surface area contributed by atoms with Crippen LogP contribution in [0, 0.1) is 5.92 Å². The molecule has 2 atom stereocenters. The lowest BCUT2D eigenvalue weighted by atomic mass is 9.81. The summed E-state index contributed by atoms with van der Waals surface area (Å²) in [6.45, 7) is 3.02. The van der Waals surface area contributed by atoms with Gasteiger partial charge < -0.3 is 0 Å². The third-order valence-corrected chi connectivity index (χ3v) is 4.79. The van der Waals surface area contributed by atoms with E-state index in [2.05, 4.69) is 0 Å². The number of halogens is 8. The van der Waals surface area contributed by atoms with Gasteiger partial charge in [-0.25, -0.2) is 4.39 Å². The lowest BCUT2D eigenvalue weighted by molar-refractivity contribution is -0.357. The molecule has 0 heterocycles. The van der Waals surface area contributed by atoms with Gasteiger partial charge >= 0.3 is 18.0 Å². The first-order valence-electron chi connectivity index (χ1n) is 6.39. The summed E-state index contributed by atoms with van der Waals surface area (Å²) in [5.74, 6) is -2.13. The molecule has 0 aliphatic carbocycles. The summed E-state index contributed by atoms with van der Waals surface area (Å²) in [4.78, 5) is 0. The molecule has 2 unspecified atom stereocenters. The van der Waals surface area contributed by atoms with Gasteiger partial charge in [-0.15, -0.1) is 0 Å². The van der Waals surface area contributed by atoms with Gasteiger partial charge in [-0.2, -0.15) is 26.3 Å². The Morgan fingerprint density at radius 3 is 1.60 bits per heavy atom. The van der Waals surface area contributed by atoms with Crippen molar-refractivity contribution in [2.45, 2.75) is 67.9 Å². The van der Waals surface area contributed by atoms with E-state index < -0.39 is 34.3 Å². The van der Waals surface area contributed by atoms with Crippen LogP contribution in [0.2, 0.25) is 0 Å². The highest BCUT2D eigenvalue weighted by Crippen LogP contribution is 2.54. The van der Waals surface area contributed by atoms with Gasteiger partial charge in [-0.3, -0.25) is 0 Å². The highest BCUT2D eigenvalue weighted by Gasteiger charge is 2.76. The Morgan fingerprint density at radius 1 is 0.850 bits per heavy atom. The first-order valence-corrected chi connectivity index (χ1v) is 7.64. The van der Waals surface area contributed by atoms with Crippen LogP contribution < -0.4 is 0 Å². The van der Waals surface area contributed by atoms with Gasteiger partial charge in [0, 0.05) is 9.84 Å². The summed E-state index contributed by atoms with van der Waals surface area (Å²) in [7, 11) is 0. The van der Waals surface area contributed by atoms with Crippen molar-refractivity contribution in [3.8, 4) is 0 Å². The van der Waals surface area contributed by atoms with Gasteiger partial charge in [0.25, 0.3) is 0 Å². The fourth-order valence-corrected chi connectivity index (χ4v) is 3.60. The van der Waals surface area contributed by atoms with Gasteiger partial charge in [0.2, 0.25) is 0 Å². The van der Waals surface area contributed by atoms with E-state index in [0.29, 0.717) is 12.8 Å². The number of hydrogen-bond donors (Lipinski definition) is 0. The number of unbranched alkanes of at least 4 members (excludes halogenated alkanes) is 2. The van der Waals surface area contributed by atoms with Crippen molar-refractivity contribution in [2.75, 3.05) is 0 Å². The van der Waals surface area contributed by atoms with Gasteiger partial charge in [0.05, 0.1) is 0 Å². The highest BCUT2D eigenvalue weighted by atomic mass is 127. The first-order chi connectivity index (χ1) is 8.93. The molecule has 0 radical (unpaired) electrons. The van der Waals surface area contributed by atoms with Crippen LogP contribution in [0.3, 0.4) is 0 Å². The molecule has 8 heteroatoms. The van der Waals surface area contributed by atoms with Crippen molar-refractivity contribution in [1.29, 1.82) is 0 Å². The summed E-state index contributed by atoms with van der Waals surface area (Å²) in [5, 5.41) is 0. The minimum absolute atomic E-state index is 0.144. The van der Waals surface area contributed by atoms with Crippen LogP contribution in [-0.2, 0) is 0 Å². The third kappa shape index (κ3) is 4.37. The van der Waals surface area contributed by atoms with Crippen molar-refractivity contribution in [3.63, 3.8) is 0 Å². The second kappa shape index (κ2) is 7.49. The molecule has 0 aliphatic rings. The van der Waals surface area contributed by atoms with Gasteiger partial charge in [0.1, 0.15) is 0 Å². The molecule has 0 N–H and O–H groups in total. The van der Waals surface area contributed by atoms with Crippen molar-refractivity contribution >= 4 is 22.6 Å². The van der Waals surface area contributed by atoms with Crippen molar-refractivity contribution < 1.29 is 30.7 Å². The smallest absolute Gasteiger partial charge is 0.223 e. The molecule has 0 spiro atoms. The van der Waals surface area contributed by atoms with E-state index in [-0.39, 0.29) is 6.42 Å². The topological polar surface area (TPSA) is 0 Å². The van der Waals surface area contributed by atoms with Gasteiger partial charge in [-0.1, -0.05) is 55.7 Å². The third-order valence-electron chi connectivity index (χ3n) is 3.30. The van der Waals surface area contributed by atoms with Crippen molar-refractivity contribution in [3.05, 3.63) is 0 Å². The van der Waals surface area contributed by atoms with Crippen LogP contribution >= 0.6 is 22.6 Å². The van der Waals surface area contributed by atoms with E-state index in [1.54, 1.807) is 0 Å². The molecule has 0 bridgehead atoms. The highest BCUT2D eigenvalue weighted by molar-refractivity contribution is 14.1. The Hall–Kier alpha value is 0.240. The molecule has 0 aromatic rings. The molecule has 0 rings (SSSR count). The minimum Gasteiger partial charge on any atom is -0.223 e. The number of rotatable bonds is 7. The number of hydrogen-bond acceptors (Lipinski definition) is 0. The standard InChI is InChI=1S/C12H18F7I/c1-3-5-6-7-9(20)8(4-2)10(13,11(14,15)16)12(17,18)19/h8-9H,3-7H2,1-2H3. The summed E-state index contributed by atoms with van der Waals surface area (Å²) < 4.78 is 89.1. The largest absolute Gasteiger partial charge is 0.431 e. The molecular weight excluding hydrogens is 404 g/mol. The van der Waals surface area contributed by atoms with E-state index in [4.69, 9.17) is 0 Å². The zero-order chi connectivity index (χ0) is 16.2. The monoisotopic (exact) mass is 422 g/mol. The van der Waals surface area contributed by atoms with Crippen LogP contribution in [0.5, 0.6) is 0 Å². The molecule has 0 fully saturated rings. The summed E-state index contributed by atoms with van der Waals surface area (Å²) >= 11 is 1.51. The minimum atomic E-state index is -5.96. The normalized spacial score (nSPS) is 17.1. The molecule has 0 saturated heterocycles. The lowest BCUT2D eigenvalue weighted by Crippen LogP contribution is -2.60. The second-order valence-corrected chi connectivity index (χ2v) is 6.33. The van der Waals surface area contributed by atoms with Gasteiger partial charge in [0.15, 0.2) is 0 Å². The molecule has 0 aromatic heterocycles. The fourth-order valence-electron chi connectivity index (χ4n) is 2.16. The van der Waals surface area contributed by atoms with Crippen LogP contribution in [0.25, 0.3) is 0 Å². The van der Waals surface area contributed by atoms with E-state index in [1.807, 2.05) is 6.92 Å². The van der Waals surface area contributed by atoms with E-state index in [0.717, 1.165) is 13.3 Å². The van der Waals surface area contributed by atoms with Crippen LogP contribution in [-0.4, -0.2) is 21.9 Å². The Labute approximate surface area is 127 Å². The van der Waals surface area contributed by atoms with Crippen LogP contribution in [0.1, 0.15) is 46.0 Å². The van der Waals surface area contributed by atoms with Gasteiger partial charge in [-0.05, 0) is 12.8 Å². The summed E-state index contributed by atoms with van der Waals surface area (Å²) in [6.07, 6.45) is -10.3. The Morgan fingerprint density at radius 2 is 1.30 bits per heavy atom. The molecule has 20 heavy (non-hydrogen) atoms. The van der Waals surface area contributed by atoms with E-state index in [9.17, 15) is 30.7 Å². The maximum atomic E-state index is 14.0. The molecular formula is C12H18F7I. The second-order valence-electron chi connectivity index (χ2n) is 4.73. The molecule has 0 nitrogen and oxygen atoms in total. The first kappa shape index (κ1) is 20.2. The zero-order valence-corrected chi connectivity index (χ0v) is 13.4. The summed E-state index contributed by atoms with van der Waals surface area (Å²) in [5.41, 5.74) is -5.15. The lowest BCUT2D eigenvalue weighted by Gasteiger charge is -2.38. The fraction of sp³-hybridized carbons (Fsp3) is 1.00. The SMILES string of the molecule is CCCCCC(I)C(CC)C(F)(C(F)(F)F)C(F)(F)F. The quantitative estimate of drug-likeness (QED) is 0.198. The zero-order valence-electron chi connectivity index (χ0n) is 11.2. The Kier molecular flexibility index (Phi) is 7.58. The van der Waals surface area contributed by atoms with Crippen LogP contribution in [0.4, 0.5) is 30.7 Å². The van der Waals surface area contributed by atoms with Crippen LogP contribution in [0.15, 0.2) is 0 Å². The predicted molar refractivity (Wildman–Crippen MR) is 71.7 cm³/mol. The molecule has 0 amide bonds. The molecule has 0 saturated carbocycles. The summed E-state index contributed by atoms with van der Waals surface area (Å²) in [6, 6.07) is 0. The van der Waals surface area contributed by atoms with E-state index >= 15 is 0 Å². The van der Waals surface area contributed by atoms with Crippen molar-refractivity contribution in [1.82, 2.24) is 0 Å². The van der Waals surface area contributed by atoms with Crippen molar-refractivity contribution in [2.24, 2.45) is 5.92 Å². The Bertz CT molecular complexity index is 271. The average molecular weight is 422 g/mol. The van der Waals surface area contributed by atoms with E-state index in [1.165, 1.54) is 22.6 Å².